The molecule has 0 atom stereocenters. The highest BCUT2D eigenvalue weighted by Gasteiger charge is 3.10. The molecular weight excluding hydrogens is 566 g/mol. The van der Waals surface area contributed by atoms with Crippen LogP contribution in [0.5, 0.6) is 0 Å². The number of ether oxygens (including phenoxy) is 1. The molecule has 0 amide bonds. The van der Waals surface area contributed by atoms with Crippen LogP contribution >= 0.6 is 0 Å². The quantitative estimate of drug-likeness (QED) is 0.338. The Labute approximate surface area is 168 Å². The molecule has 34 heavy (non-hydrogen) atoms. The van der Waals surface area contributed by atoms with Crippen LogP contribution in [0.25, 0.3) is 0 Å². The Morgan fingerprint density at radius 3 is 0.765 bits per heavy atom. The van der Waals surface area contributed by atoms with Gasteiger partial charge in [-0.3, -0.25) is 0 Å². The Morgan fingerprint density at radius 2 is 0.588 bits per heavy atom. The van der Waals surface area contributed by atoms with Gasteiger partial charge in [0, 0.05) is 0 Å². The molecule has 0 aliphatic heterocycles. The molecule has 204 valence electrons. The molecule has 0 aromatic rings. The molecule has 0 unspecified atom stereocenters. The van der Waals surface area contributed by atoms with Crippen LogP contribution in [0.3, 0.4) is 0 Å². The van der Waals surface area contributed by atoms with Gasteiger partial charge in [-0.05, 0) is 0 Å². The summed E-state index contributed by atoms with van der Waals surface area (Å²) in [7, 11) is 0. The molecule has 1 saturated carbocycles. The second-order valence-corrected chi connectivity index (χ2v) is 6.33. The molecule has 0 heterocycles. The van der Waals surface area contributed by atoms with E-state index in [2.05, 4.69) is 0 Å². The number of hydrogen-bond acceptors (Lipinski definition) is 1. The largest absolute Gasteiger partial charge is 0.458 e. The van der Waals surface area contributed by atoms with Crippen LogP contribution in [0.2, 0.25) is 0 Å². The zero-order chi connectivity index (χ0) is 28.2. The number of halogens is 22. The predicted molar refractivity (Wildman–Crippen MR) is 55.5 cm³/mol. The van der Waals surface area contributed by atoms with Crippen LogP contribution in [-0.2, 0) is 4.74 Å². The highest BCUT2D eigenvalue weighted by Crippen LogP contribution is 2.76. The van der Waals surface area contributed by atoms with E-state index in [1.165, 1.54) is 0 Å². The standard InChI is InChI=1S/C11F22O/c12-1(3(13,14)5(17,18)6(19,20)4(1,15)16)2(8(22,23)24,9(25,26)27)34-7(21,10(28,29)30)11(31,32)33. The molecule has 1 rings (SSSR count). The van der Waals surface area contributed by atoms with E-state index in [9.17, 15) is 96.6 Å². The summed E-state index contributed by atoms with van der Waals surface area (Å²) in [6.07, 6.45) is -34.7. The third-order valence-electron chi connectivity index (χ3n) is 4.35. The summed E-state index contributed by atoms with van der Waals surface area (Å²) >= 11 is 0. The summed E-state index contributed by atoms with van der Waals surface area (Å²) in [5, 5.41) is 0. The van der Waals surface area contributed by atoms with Gasteiger partial charge in [0.25, 0.3) is 5.67 Å². The van der Waals surface area contributed by atoms with Crippen molar-refractivity contribution in [3.8, 4) is 0 Å². The first kappa shape index (κ1) is 30.5. The Kier molecular flexibility index (Phi) is 6.08. The lowest BCUT2D eigenvalue weighted by Gasteiger charge is -2.50. The summed E-state index contributed by atoms with van der Waals surface area (Å²) in [6.45, 7) is 0. The van der Waals surface area contributed by atoms with Gasteiger partial charge in [0.05, 0.1) is 0 Å². The van der Waals surface area contributed by atoms with Crippen molar-refractivity contribution >= 4 is 0 Å². The molecule has 1 nitrogen and oxygen atoms in total. The third-order valence-corrected chi connectivity index (χ3v) is 4.35. The molecule has 0 N–H and O–H groups in total. The van der Waals surface area contributed by atoms with Crippen molar-refractivity contribution in [3.05, 3.63) is 0 Å². The van der Waals surface area contributed by atoms with Gasteiger partial charge in [0.15, 0.2) is 0 Å². The molecule has 1 fully saturated rings. The van der Waals surface area contributed by atoms with Crippen molar-refractivity contribution < 1.29 is 101 Å². The number of rotatable bonds is 3. The molecule has 0 radical (unpaired) electrons. The van der Waals surface area contributed by atoms with Crippen molar-refractivity contribution in [3.63, 3.8) is 0 Å². The average molecular weight is 566 g/mol. The van der Waals surface area contributed by atoms with E-state index in [1.807, 2.05) is 0 Å². The van der Waals surface area contributed by atoms with E-state index in [0.717, 1.165) is 4.74 Å². The molecule has 0 aromatic carbocycles. The van der Waals surface area contributed by atoms with Crippen LogP contribution in [0.1, 0.15) is 0 Å². The van der Waals surface area contributed by atoms with Gasteiger partial charge in [-0.25, -0.2) is 4.39 Å². The van der Waals surface area contributed by atoms with E-state index in [1.54, 1.807) is 0 Å². The Balaban J connectivity index is 4.49. The van der Waals surface area contributed by atoms with Gasteiger partial charge in [-0.2, -0.15) is 92.2 Å². The van der Waals surface area contributed by atoms with Gasteiger partial charge in [-0.15, -0.1) is 0 Å². The fourth-order valence-corrected chi connectivity index (χ4v) is 2.69. The molecule has 1 aliphatic rings. The van der Waals surface area contributed by atoms with Gasteiger partial charge >= 0.3 is 59.9 Å². The lowest BCUT2D eigenvalue weighted by Crippen LogP contribution is -2.82. The Hall–Kier alpha value is -1.58. The van der Waals surface area contributed by atoms with Crippen molar-refractivity contribution in [1.82, 2.24) is 0 Å². The SMILES string of the molecule is FC(F)(F)C(F)(OC(C(F)(F)F)(C(F)(F)F)C1(F)C(F)(F)C(F)(F)C(F)(F)C1(F)F)C(F)(F)F. The molecular formula is C11F22O. The maximum atomic E-state index is 14.6. The monoisotopic (exact) mass is 566 g/mol. The molecule has 0 aromatic heterocycles. The molecule has 1 aliphatic carbocycles. The van der Waals surface area contributed by atoms with E-state index in [4.69, 9.17) is 0 Å². The first-order valence-electron chi connectivity index (χ1n) is 7.07. The fraction of sp³-hybridized carbons (Fsp3) is 1.00. The average Bonchev–Trinajstić information content (AvgIpc) is 2.57. The minimum absolute atomic E-state index is 0.960. The maximum absolute atomic E-state index is 14.6. The summed E-state index contributed by atoms with van der Waals surface area (Å²) in [6, 6.07) is 0. The highest BCUT2D eigenvalue weighted by molar-refractivity contribution is 5.35. The van der Waals surface area contributed by atoms with Gasteiger partial charge in [0.1, 0.15) is 0 Å². The van der Waals surface area contributed by atoms with E-state index >= 15 is 0 Å². The normalized spacial score (nSPS) is 24.9. The Bertz CT molecular complexity index is 736. The number of hydrogen-bond donors (Lipinski definition) is 0. The number of alkyl halides is 22. The molecule has 0 spiro atoms. The first-order chi connectivity index (χ1) is 14.2. The Morgan fingerprint density at radius 1 is 0.353 bits per heavy atom. The predicted octanol–water partition coefficient (Wildman–Crippen LogP) is 6.92. The molecule has 0 bridgehead atoms. The summed E-state index contributed by atoms with van der Waals surface area (Å²) in [4.78, 5) is 0. The van der Waals surface area contributed by atoms with E-state index in [-0.39, 0.29) is 0 Å². The zero-order valence-corrected chi connectivity index (χ0v) is 14.2. The first-order valence-corrected chi connectivity index (χ1v) is 7.07. The lowest BCUT2D eigenvalue weighted by molar-refractivity contribution is -0.532. The minimum atomic E-state index is -9.37. The zero-order valence-electron chi connectivity index (χ0n) is 14.2. The van der Waals surface area contributed by atoms with Gasteiger partial charge < -0.3 is 4.74 Å². The topological polar surface area (TPSA) is 9.23 Å². The van der Waals surface area contributed by atoms with Gasteiger partial charge in [-0.1, -0.05) is 0 Å². The minimum Gasteiger partial charge on any atom is -0.304 e. The van der Waals surface area contributed by atoms with Crippen LogP contribution < -0.4 is 0 Å². The summed E-state index contributed by atoms with van der Waals surface area (Å²) < 4.78 is 290. The fourth-order valence-electron chi connectivity index (χ4n) is 2.69. The summed E-state index contributed by atoms with van der Waals surface area (Å²) in [5.41, 5.74) is -18.7. The highest BCUT2D eigenvalue weighted by atomic mass is 19.4. The van der Waals surface area contributed by atoms with Crippen molar-refractivity contribution in [2.75, 3.05) is 0 Å². The summed E-state index contributed by atoms with van der Waals surface area (Å²) in [5.74, 6) is -43.1. The van der Waals surface area contributed by atoms with Crippen LogP contribution in [0, 0.1) is 0 Å². The second kappa shape index (κ2) is 6.79. The van der Waals surface area contributed by atoms with Crippen LogP contribution in [0.4, 0.5) is 96.6 Å². The van der Waals surface area contributed by atoms with E-state index in [0.29, 0.717) is 0 Å². The molecule has 0 saturated heterocycles. The van der Waals surface area contributed by atoms with Crippen molar-refractivity contribution in [2.24, 2.45) is 0 Å². The van der Waals surface area contributed by atoms with Crippen LogP contribution in [0.15, 0.2) is 0 Å². The maximum Gasteiger partial charge on any atom is 0.458 e. The van der Waals surface area contributed by atoms with Crippen molar-refractivity contribution in [2.45, 2.75) is 65.5 Å². The van der Waals surface area contributed by atoms with Crippen molar-refractivity contribution in [1.29, 1.82) is 0 Å². The second-order valence-electron chi connectivity index (χ2n) is 6.33. The smallest absolute Gasteiger partial charge is 0.304 e. The lowest BCUT2D eigenvalue weighted by atomic mass is 9.76. The van der Waals surface area contributed by atoms with Crippen LogP contribution in [-0.4, -0.2) is 65.5 Å². The van der Waals surface area contributed by atoms with E-state index < -0.39 is 65.5 Å². The van der Waals surface area contributed by atoms with Gasteiger partial charge in [0.2, 0.25) is 0 Å². The third kappa shape index (κ3) is 2.95. The molecule has 23 heteroatoms.